The van der Waals surface area contributed by atoms with E-state index in [0.29, 0.717) is 11.3 Å². The topological polar surface area (TPSA) is 67.2 Å². The van der Waals surface area contributed by atoms with Crippen LogP contribution < -0.4 is 16.4 Å². The number of anilines is 2. The zero-order chi connectivity index (χ0) is 13.8. The molecule has 0 fully saturated rings. The molecule has 0 aliphatic heterocycles. The lowest BCUT2D eigenvalue weighted by atomic mass is 10.1. The standard InChI is InChI=1S/C14H17N3OS/c1-9-7-19-8-11(9)6-17-13-4-3-10(5-12(13)15)14(18)16-2/h3-5,7-8,17H,6,15H2,1-2H3,(H,16,18). The lowest BCUT2D eigenvalue weighted by Gasteiger charge is -2.10. The SMILES string of the molecule is CNC(=O)c1ccc(NCc2cscc2C)c(N)c1. The van der Waals surface area contributed by atoms with Gasteiger partial charge >= 0.3 is 0 Å². The number of thiophene rings is 1. The highest BCUT2D eigenvalue weighted by molar-refractivity contribution is 7.08. The summed E-state index contributed by atoms with van der Waals surface area (Å²) in [6.07, 6.45) is 0. The largest absolute Gasteiger partial charge is 0.397 e. The van der Waals surface area contributed by atoms with E-state index in [1.165, 1.54) is 11.1 Å². The number of nitrogens with two attached hydrogens (primary N) is 1. The maximum absolute atomic E-state index is 11.5. The Bertz CT molecular complexity index is 592. The summed E-state index contributed by atoms with van der Waals surface area (Å²) in [5.41, 5.74) is 10.5. The number of carbonyl (C=O) groups is 1. The van der Waals surface area contributed by atoms with Crippen molar-refractivity contribution in [2.45, 2.75) is 13.5 Å². The minimum Gasteiger partial charge on any atom is -0.397 e. The summed E-state index contributed by atoms with van der Waals surface area (Å²) in [6.45, 7) is 2.82. The smallest absolute Gasteiger partial charge is 0.251 e. The fourth-order valence-electron chi connectivity index (χ4n) is 1.77. The molecule has 5 heteroatoms. The predicted molar refractivity (Wildman–Crippen MR) is 80.6 cm³/mol. The van der Waals surface area contributed by atoms with Crippen LogP contribution in [0.5, 0.6) is 0 Å². The Morgan fingerprint density at radius 3 is 2.74 bits per heavy atom. The Hall–Kier alpha value is -2.01. The second kappa shape index (κ2) is 5.75. The number of nitrogen functional groups attached to an aromatic ring is 1. The normalized spacial score (nSPS) is 10.2. The van der Waals surface area contributed by atoms with Crippen LogP contribution in [0.2, 0.25) is 0 Å². The Balaban J connectivity index is 2.09. The summed E-state index contributed by atoms with van der Waals surface area (Å²) in [7, 11) is 1.60. The van der Waals surface area contributed by atoms with E-state index in [0.717, 1.165) is 12.2 Å². The van der Waals surface area contributed by atoms with E-state index in [-0.39, 0.29) is 5.91 Å². The summed E-state index contributed by atoms with van der Waals surface area (Å²) < 4.78 is 0. The number of rotatable bonds is 4. The van der Waals surface area contributed by atoms with E-state index in [9.17, 15) is 4.79 Å². The van der Waals surface area contributed by atoms with Crippen molar-refractivity contribution in [3.8, 4) is 0 Å². The van der Waals surface area contributed by atoms with Crippen LogP contribution in [0.1, 0.15) is 21.5 Å². The average molecular weight is 275 g/mol. The van der Waals surface area contributed by atoms with Crippen molar-refractivity contribution in [3.63, 3.8) is 0 Å². The van der Waals surface area contributed by atoms with Gasteiger partial charge in [-0.3, -0.25) is 4.79 Å². The summed E-state index contributed by atoms with van der Waals surface area (Å²) in [4.78, 5) is 11.5. The van der Waals surface area contributed by atoms with Gasteiger partial charge in [-0.1, -0.05) is 0 Å². The summed E-state index contributed by atoms with van der Waals surface area (Å²) in [5.74, 6) is -0.132. The number of aryl methyl sites for hydroxylation is 1. The Morgan fingerprint density at radius 1 is 1.37 bits per heavy atom. The van der Waals surface area contributed by atoms with Gasteiger partial charge in [-0.25, -0.2) is 0 Å². The molecule has 19 heavy (non-hydrogen) atoms. The molecular formula is C14H17N3OS. The van der Waals surface area contributed by atoms with Crippen molar-refractivity contribution in [3.05, 3.63) is 45.6 Å². The number of nitrogens with one attached hydrogen (secondary N) is 2. The number of hydrogen-bond acceptors (Lipinski definition) is 4. The molecule has 2 rings (SSSR count). The zero-order valence-corrected chi connectivity index (χ0v) is 11.8. The third-order valence-corrected chi connectivity index (χ3v) is 3.88. The monoisotopic (exact) mass is 275 g/mol. The molecule has 0 saturated carbocycles. The summed E-state index contributed by atoms with van der Waals surface area (Å²) >= 11 is 1.69. The first-order valence-electron chi connectivity index (χ1n) is 5.99. The van der Waals surface area contributed by atoms with Gasteiger partial charge in [-0.05, 0) is 47.0 Å². The van der Waals surface area contributed by atoms with Crippen LogP contribution in [0.3, 0.4) is 0 Å². The fourth-order valence-corrected chi connectivity index (χ4v) is 2.62. The van der Waals surface area contributed by atoms with Crippen LogP contribution in [0, 0.1) is 6.92 Å². The first-order valence-corrected chi connectivity index (χ1v) is 6.93. The highest BCUT2D eigenvalue weighted by atomic mass is 32.1. The van der Waals surface area contributed by atoms with Crippen LogP contribution >= 0.6 is 11.3 Å². The van der Waals surface area contributed by atoms with Crippen LogP contribution in [0.15, 0.2) is 29.0 Å². The van der Waals surface area contributed by atoms with Crippen LogP contribution in [-0.4, -0.2) is 13.0 Å². The molecule has 0 radical (unpaired) electrons. The molecule has 100 valence electrons. The fraction of sp³-hybridized carbons (Fsp3) is 0.214. The van der Waals surface area contributed by atoms with Gasteiger partial charge in [0, 0.05) is 19.2 Å². The number of hydrogen-bond donors (Lipinski definition) is 3. The molecule has 1 aromatic heterocycles. The zero-order valence-electron chi connectivity index (χ0n) is 11.0. The Morgan fingerprint density at radius 2 is 2.16 bits per heavy atom. The van der Waals surface area contributed by atoms with Gasteiger partial charge in [0.2, 0.25) is 0 Å². The average Bonchev–Trinajstić information content (AvgIpc) is 2.82. The molecule has 0 saturated heterocycles. The van der Waals surface area contributed by atoms with Gasteiger partial charge in [0.05, 0.1) is 11.4 Å². The lowest BCUT2D eigenvalue weighted by molar-refractivity contribution is 0.0963. The second-order valence-corrected chi connectivity index (χ2v) is 5.06. The third kappa shape index (κ3) is 3.06. The van der Waals surface area contributed by atoms with Crippen molar-refractivity contribution < 1.29 is 4.79 Å². The summed E-state index contributed by atoms with van der Waals surface area (Å²) in [6, 6.07) is 5.28. The molecule has 0 atom stereocenters. The first kappa shape index (κ1) is 13.4. The third-order valence-electron chi connectivity index (χ3n) is 2.97. The van der Waals surface area contributed by atoms with Gasteiger partial charge in [-0.15, -0.1) is 0 Å². The quantitative estimate of drug-likeness (QED) is 0.751. The van der Waals surface area contributed by atoms with Gasteiger partial charge in [0.25, 0.3) is 5.91 Å². The van der Waals surface area contributed by atoms with Crippen LogP contribution in [-0.2, 0) is 6.54 Å². The molecule has 0 bridgehead atoms. The molecule has 0 unspecified atom stereocenters. The predicted octanol–water partition coefficient (Wildman–Crippen LogP) is 2.61. The van der Waals surface area contributed by atoms with Gasteiger partial charge in [0.15, 0.2) is 0 Å². The molecule has 0 aliphatic rings. The first-order chi connectivity index (χ1) is 9.11. The molecule has 1 heterocycles. The van der Waals surface area contributed by atoms with Crippen molar-refractivity contribution in [1.29, 1.82) is 0 Å². The second-order valence-electron chi connectivity index (χ2n) is 4.31. The van der Waals surface area contributed by atoms with Gasteiger partial charge < -0.3 is 16.4 Å². The Labute approximate surface area is 116 Å². The van der Waals surface area contributed by atoms with Gasteiger partial charge in [-0.2, -0.15) is 11.3 Å². The molecule has 0 spiro atoms. The van der Waals surface area contributed by atoms with E-state index >= 15 is 0 Å². The highest BCUT2D eigenvalue weighted by Crippen LogP contribution is 2.22. The van der Waals surface area contributed by atoms with Crippen molar-refractivity contribution >= 4 is 28.6 Å². The molecule has 1 amide bonds. The van der Waals surface area contributed by atoms with E-state index < -0.39 is 0 Å². The minimum atomic E-state index is -0.132. The van der Waals surface area contributed by atoms with E-state index in [1.807, 2.05) is 6.07 Å². The lowest BCUT2D eigenvalue weighted by Crippen LogP contribution is -2.18. The maximum Gasteiger partial charge on any atom is 0.251 e. The molecule has 4 N–H and O–H groups in total. The highest BCUT2D eigenvalue weighted by Gasteiger charge is 2.07. The van der Waals surface area contributed by atoms with Crippen LogP contribution in [0.25, 0.3) is 0 Å². The summed E-state index contributed by atoms with van der Waals surface area (Å²) in [5, 5.41) is 10.1. The molecular weight excluding hydrogens is 258 g/mol. The van der Waals surface area contributed by atoms with Crippen molar-refractivity contribution in [2.24, 2.45) is 0 Å². The van der Waals surface area contributed by atoms with E-state index in [2.05, 4.69) is 28.3 Å². The molecule has 1 aromatic carbocycles. The number of benzene rings is 1. The van der Waals surface area contributed by atoms with Gasteiger partial charge in [0.1, 0.15) is 0 Å². The van der Waals surface area contributed by atoms with E-state index in [4.69, 9.17) is 5.73 Å². The molecule has 4 nitrogen and oxygen atoms in total. The van der Waals surface area contributed by atoms with Crippen molar-refractivity contribution in [2.75, 3.05) is 18.1 Å². The van der Waals surface area contributed by atoms with E-state index in [1.54, 1.807) is 30.5 Å². The van der Waals surface area contributed by atoms with Crippen LogP contribution in [0.4, 0.5) is 11.4 Å². The maximum atomic E-state index is 11.5. The minimum absolute atomic E-state index is 0.132. The molecule has 0 aliphatic carbocycles. The Kier molecular flexibility index (Phi) is 4.06. The number of amides is 1. The molecule has 2 aromatic rings. The number of carbonyl (C=O) groups excluding carboxylic acids is 1. The van der Waals surface area contributed by atoms with Crippen molar-refractivity contribution in [1.82, 2.24) is 5.32 Å².